The van der Waals surface area contributed by atoms with Crippen molar-refractivity contribution in [1.29, 1.82) is 0 Å². The lowest BCUT2D eigenvalue weighted by Crippen LogP contribution is -2.14. The number of hydrogen-bond acceptors (Lipinski definition) is 2. The Morgan fingerprint density at radius 1 is 1.11 bits per heavy atom. The fourth-order valence-electron chi connectivity index (χ4n) is 3.50. The molecule has 4 heteroatoms. The molecule has 2 aromatic rings. The molecular weight excluding hydrogens is 356 g/mol. The Hall–Kier alpha value is -2.00. The van der Waals surface area contributed by atoms with Crippen LogP contribution in [0, 0.1) is 13.8 Å². The molecule has 0 spiro atoms. The molecule has 2 aromatic carbocycles. The van der Waals surface area contributed by atoms with Crippen LogP contribution in [0.3, 0.4) is 0 Å². The summed E-state index contributed by atoms with van der Waals surface area (Å²) >= 11 is 6.53. The van der Waals surface area contributed by atoms with Crippen molar-refractivity contribution < 1.29 is 4.74 Å². The minimum Gasteiger partial charge on any atom is -0.456 e. The van der Waals surface area contributed by atoms with Crippen LogP contribution in [0.1, 0.15) is 55.2 Å². The Kier molecular flexibility index (Phi) is 6.43. The van der Waals surface area contributed by atoms with Gasteiger partial charge in [-0.1, -0.05) is 30.5 Å². The Bertz CT molecular complexity index is 825. The van der Waals surface area contributed by atoms with E-state index in [1.165, 1.54) is 31.2 Å². The molecule has 1 aliphatic rings. The zero-order valence-electron chi connectivity index (χ0n) is 16.8. The van der Waals surface area contributed by atoms with Crippen LogP contribution < -0.4 is 4.74 Å². The van der Waals surface area contributed by atoms with Crippen molar-refractivity contribution in [2.45, 2.75) is 52.4 Å². The maximum atomic E-state index is 6.53. The first-order chi connectivity index (χ1) is 13.0. The first-order valence-corrected chi connectivity index (χ1v) is 10.2. The summed E-state index contributed by atoms with van der Waals surface area (Å²) in [5.74, 6) is 2.19. The topological polar surface area (TPSA) is 24.8 Å². The number of aliphatic imine (C=N–C) groups is 1. The second-order valence-corrected chi connectivity index (χ2v) is 7.90. The third kappa shape index (κ3) is 4.84. The zero-order valence-corrected chi connectivity index (χ0v) is 17.5. The van der Waals surface area contributed by atoms with Crippen molar-refractivity contribution in [3.05, 3.63) is 52.0 Å². The van der Waals surface area contributed by atoms with Crippen LogP contribution in [-0.4, -0.2) is 24.8 Å². The van der Waals surface area contributed by atoms with E-state index in [9.17, 15) is 0 Å². The molecule has 0 heterocycles. The third-order valence-electron chi connectivity index (χ3n) is 5.39. The quantitative estimate of drug-likeness (QED) is 0.395. The largest absolute Gasteiger partial charge is 0.456 e. The first-order valence-electron chi connectivity index (χ1n) is 9.81. The van der Waals surface area contributed by atoms with E-state index in [1.54, 1.807) is 0 Å². The van der Waals surface area contributed by atoms with Gasteiger partial charge in [0.2, 0.25) is 0 Å². The maximum absolute atomic E-state index is 6.53. The molecule has 0 N–H and O–H groups in total. The van der Waals surface area contributed by atoms with Gasteiger partial charge in [0.1, 0.15) is 11.5 Å². The van der Waals surface area contributed by atoms with Crippen LogP contribution in [0.2, 0.25) is 5.02 Å². The van der Waals surface area contributed by atoms with Gasteiger partial charge in [0, 0.05) is 13.6 Å². The number of nitrogens with zero attached hydrogens (tertiary/aromatic N) is 2. The van der Waals surface area contributed by atoms with Crippen LogP contribution in [0.15, 0.2) is 35.3 Å². The zero-order chi connectivity index (χ0) is 19.4. The van der Waals surface area contributed by atoms with Crippen molar-refractivity contribution in [3.8, 4) is 11.5 Å². The number of halogens is 1. The molecule has 0 atom stereocenters. The van der Waals surface area contributed by atoms with Crippen LogP contribution in [-0.2, 0) is 0 Å². The van der Waals surface area contributed by atoms with E-state index in [2.05, 4.69) is 37.0 Å². The van der Waals surface area contributed by atoms with Gasteiger partial charge in [-0.3, -0.25) is 0 Å². The first kappa shape index (κ1) is 19.8. The summed E-state index contributed by atoms with van der Waals surface area (Å²) in [7, 11) is 2.01. The smallest absolute Gasteiger partial charge is 0.146 e. The van der Waals surface area contributed by atoms with Crippen molar-refractivity contribution in [3.63, 3.8) is 0 Å². The molecule has 0 unspecified atom stereocenters. The van der Waals surface area contributed by atoms with E-state index in [0.717, 1.165) is 29.1 Å². The van der Waals surface area contributed by atoms with Crippen molar-refractivity contribution in [2.24, 2.45) is 4.99 Å². The molecule has 1 aliphatic carbocycles. The van der Waals surface area contributed by atoms with E-state index in [-0.39, 0.29) is 0 Å². The number of rotatable bonds is 6. The molecule has 1 fully saturated rings. The highest BCUT2D eigenvalue weighted by atomic mass is 35.5. The Labute approximate surface area is 168 Å². The molecule has 0 saturated heterocycles. The van der Waals surface area contributed by atoms with Gasteiger partial charge in [0.25, 0.3) is 0 Å². The van der Waals surface area contributed by atoms with Gasteiger partial charge in [-0.15, -0.1) is 0 Å². The van der Waals surface area contributed by atoms with E-state index in [0.29, 0.717) is 16.7 Å². The second kappa shape index (κ2) is 8.79. The van der Waals surface area contributed by atoms with Gasteiger partial charge >= 0.3 is 0 Å². The van der Waals surface area contributed by atoms with E-state index in [1.807, 2.05) is 37.3 Å². The molecular formula is C23H29ClN2O. The average Bonchev–Trinajstić information content (AvgIpc) is 3.19. The van der Waals surface area contributed by atoms with Crippen LogP contribution in [0.4, 0.5) is 5.69 Å². The lowest BCUT2D eigenvalue weighted by molar-refractivity contribution is 0.478. The Balaban J connectivity index is 1.79. The normalized spacial score (nSPS) is 14.9. The third-order valence-corrected chi connectivity index (χ3v) is 5.68. The Morgan fingerprint density at radius 2 is 1.85 bits per heavy atom. The van der Waals surface area contributed by atoms with E-state index >= 15 is 0 Å². The summed E-state index contributed by atoms with van der Waals surface area (Å²) < 4.78 is 6.15. The molecule has 144 valence electrons. The fourth-order valence-corrected chi connectivity index (χ4v) is 3.72. The molecule has 0 bridgehead atoms. The maximum Gasteiger partial charge on any atom is 0.146 e. The molecule has 0 aliphatic heterocycles. The summed E-state index contributed by atoms with van der Waals surface area (Å²) in [5, 5.41) is 0.683. The molecule has 1 saturated carbocycles. The van der Waals surface area contributed by atoms with Crippen LogP contribution in [0.25, 0.3) is 0 Å². The van der Waals surface area contributed by atoms with Gasteiger partial charge in [-0.25, -0.2) is 4.99 Å². The lowest BCUT2D eigenvalue weighted by Gasteiger charge is -2.15. The summed E-state index contributed by atoms with van der Waals surface area (Å²) in [5.41, 5.74) is 4.42. The predicted octanol–water partition coefficient (Wildman–Crippen LogP) is 7.02. The number of hydrogen-bond donors (Lipinski definition) is 0. The van der Waals surface area contributed by atoms with Crippen molar-refractivity contribution >= 4 is 23.6 Å². The van der Waals surface area contributed by atoms with Gasteiger partial charge < -0.3 is 9.64 Å². The van der Waals surface area contributed by atoms with Crippen molar-refractivity contribution in [2.75, 3.05) is 13.6 Å². The summed E-state index contributed by atoms with van der Waals surface area (Å²) in [4.78, 5) is 6.62. The van der Waals surface area contributed by atoms with Crippen molar-refractivity contribution in [1.82, 2.24) is 4.90 Å². The van der Waals surface area contributed by atoms with Gasteiger partial charge in [0.05, 0.1) is 17.0 Å². The standard InChI is InChI=1S/C23H29ClN2O/c1-5-26(4)15-25-21-12-17(3)23(13-16(21)2)27-22-11-10-19(14-20(22)24)18-8-6-7-9-18/h10-15,18H,5-9H2,1-4H3. The molecule has 3 rings (SSSR count). The lowest BCUT2D eigenvalue weighted by atomic mass is 9.98. The highest BCUT2D eigenvalue weighted by Crippen LogP contribution is 2.39. The number of aryl methyl sites for hydroxylation is 2. The SMILES string of the molecule is CCN(C)C=Nc1cc(C)c(Oc2ccc(C3CCCC3)cc2Cl)cc1C. The molecule has 0 aromatic heterocycles. The second-order valence-electron chi connectivity index (χ2n) is 7.50. The van der Waals surface area contributed by atoms with Crippen LogP contribution in [0.5, 0.6) is 11.5 Å². The number of benzene rings is 2. The van der Waals surface area contributed by atoms with E-state index < -0.39 is 0 Å². The van der Waals surface area contributed by atoms with Gasteiger partial charge in [-0.05, 0) is 80.5 Å². The minimum absolute atomic E-state index is 0.652. The van der Waals surface area contributed by atoms with Crippen LogP contribution >= 0.6 is 11.6 Å². The average molecular weight is 385 g/mol. The van der Waals surface area contributed by atoms with E-state index in [4.69, 9.17) is 16.3 Å². The predicted molar refractivity (Wildman–Crippen MR) is 115 cm³/mol. The molecule has 27 heavy (non-hydrogen) atoms. The van der Waals surface area contributed by atoms with Gasteiger partial charge in [-0.2, -0.15) is 0 Å². The summed E-state index contributed by atoms with van der Waals surface area (Å²) in [6.45, 7) is 7.12. The monoisotopic (exact) mass is 384 g/mol. The summed E-state index contributed by atoms with van der Waals surface area (Å²) in [6.07, 6.45) is 7.04. The molecule has 3 nitrogen and oxygen atoms in total. The Morgan fingerprint density at radius 3 is 2.52 bits per heavy atom. The number of ether oxygens (including phenoxy) is 1. The molecule has 0 amide bonds. The molecule has 0 radical (unpaired) electrons. The fraction of sp³-hybridized carbons (Fsp3) is 0.435. The summed E-state index contributed by atoms with van der Waals surface area (Å²) in [6, 6.07) is 10.3. The highest BCUT2D eigenvalue weighted by Gasteiger charge is 2.18. The highest BCUT2D eigenvalue weighted by molar-refractivity contribution is 6.32. The van der Waals surface area contributed by atoms with Gasteiger partial charge in [0.15, 0.2) is 0 Å². The minimum atomic E-state index is 0.652.